The smallest absolute Gasteiger partial charge is 0.253 e. The van der Waals surface area contributed by atoms with Crippen LogP contribution in [-0.2, 0) is 10.0 Å². The first-order valence-corrected chi connectivity index (χ1v) is 12.1. The Morgan fingerprint density at radius 1 is 1.25 bits per heavy atom. The zero-order valence-electron chi connectivity index (χ0n) is 16.0. The minimum atomic E-state index is -3.61. The molecule has 1 aromatic carbocycles. The van der Waals surface area contributed by atoms with E-state index < -0.39 is 10.0 Å². The van der Waals surface area contributed by atoms with Crippen molar-refractivity contribution in [1.82, 2.24) is 9.62 Å². The molecular formula is C20H25ClN2O3S2. The first-order chi connectivity index (χ1) is 13.3. The number of thiophene rings is 1. The summed E-state index contributed by atoms with van der Waals surface area (Å²) in [6.45, 7) is 5.23. The van der Waals surface area contributed by atoms with Crippen LogP contribution < -0.4 is 5.32 Å². The van der Waals surface area contributed by atoms with Gasteiger partial charge in [-0.1, -0.05) is 31.5 Å². The summed E-state index contributed by atoms with van der Waals surface area (Å²) >= 11 is 7.84. The first kappa shape index (κ1) is 21.3. The van der Waals surface area contributed by atoms with E-state index in [0.29, 0.717) is 19.0 Å². The average Bonchev–Trinajstić information content (AvgIpc) is 3.35. The third-order valence-electron chi connectivity index (χ3n) is 4.78. The first-order valence-electron chi connectivity index (χ1n) is 9.43. The van der Waals surface area contributed by atoms with E-state index in [2.05, 4.69) is 19.2 Å². The van der Waals surface area contributed by atoms with E-state index in [9.17, 15) is 13.2 Å². The molecule has 1 aliphatic rings. The molecule has 1 saturated heterocycles. The van der Waals surface area contributed by atoms with Gasteiger partial charge < -0.3 is 5.32 Å². The van der Waals surface area contributed by atoms with Crippen molar-refractivity contribution < 1.29 is 13.2 Å². The summed E-state index contributed by atoms with van der Waals surface area (Å²) in [6.07, 6.45) is 2.51. The maximum atomic E-state index is 13.0. The van der Waals surface area contributed by atoms with Gasteiger partial charge in [0, 0.05) is 18.0 Å². The van der Waals surface area contributed by atoms with Crippen LogP contribution in [0.15, 0.2) is 40.6 Å². The number of hydrogen-bond acceptors (Lipinski definition) is 4. The highest BCUT2D eigenvalue weighted by atomic mass is 35.5. The molecule has 0 saturated carbocycles. The molecule has 5 nitrogen and oxygen atoms in total. The molecule has 0 radical (unpaired) electrons. The number of nitrogens with one attached hydrogen (secondary N) is 1. The Bertz CT molecular complexity index is 921. The second-order valence-corrected chi connectivity index (χ2v) is 10.7. The summed E-state index contributed by atoms with van der Waals surface area (Å²) in [4.78, 5) is 14.1. The number of nitrogens with zero attached hydrogens (tertiary/aromatic N) is 1. The fourth-order valence-corrected chi connectivity index (χ4v) is 5.90. The van der Waals surface area contributed by atoms with Crippen LogP contribution in [0.3, 0.4) is 0 Å². The number of carbonyl (C=O) groups is 1. The highest BCUT2D eigenvalue weighted by Crippen LogP contribution is 2.28. The number of amides is 1. The van der Waals surface area contributed by atoms with Crippen molar-refractivity contribution in [1.29, 1.82) is 0 Å². The lowest BCUT2D eigenvalue weighted by atomic mass is 10.0. The van der Waals surface area contributed by atoms with Crippen LogP contribution in [0, 0.1) is 5.92 Å². The van der Waals surface area contributed by atoms with Gasteiger partial charge >= 0.3 is 0 Å². The highest BCUT2D eigenvalue weighted by Gasteiger charge is 2.29. The Kier molecular flexibility index (Phi) is 6.81. The minimum Gasteiger partial charge on any atom is -0.344 e. The van der Waals surface area contributed by atoms with Gasteiger partial charge in [-0.2, -0.15) is 4.31 Å². The zero-order valence-corrected chi connectivity index (χ0v) is 18.4. The van der Waals surface area contributed by atoms with Crippen LogP contribution in [0.4, 0.5) is 0 Å². The van der Waals surface area contributed by atoms with Crippen molar-refractivity contribution in [2.75, 3.05) is 13.1 Å². The van der Waals surface area contributed by atoms with Crippen LogP contribution in [0.2, 0.25) is 5.02 Å². The summed E-state index contributed by atoms with van der Waals surface area (Å²) in [5, 5.41) is 5.25. The van der Waals surface area contributed by atoms with Gasteiger partial charge in [-0.3, -0.25) is 4.79 Å². The summed E-state index contributed by atoms with van der Waals surface area (Å²) in [7, 11) is -3.61. The quantitative estimate of drug-likeness (QED) is 0.678. The lowest BCUT2D eigenvalue weighted by Crippen LogP contribution is -2.30. The van der Waals surface area contributed by atoms with Crippen molar-refractivity contribution in [3.63, 3.8) is 0 Å². The predicted molar refractivity (Wildman–Crippen MR) is 113 cm³/mol. The molecule has 0 spiro atoms. The summed E-state index contributed by atoms with van der Waals surface area (Å²) in [5.41, 5.74) is 0.187. The Balaban J connectivity index is 1.86. The average molecular weight is 441 g/mol. The second kappa shape index (κ2) is 8.95. The molecule has 1 fully saturated rings. The van der Waals surface area contributed by atoms with Crippen LogP contribution in [-0.4, -0.2) is 31.7 Å². The monoisotopic (exact) mass is 440 g/mol. The van der Waals surface area contributed by atoms with Gasteiger partial charge in [0.1, 0.15) is 0 Å². The fourth-order valence-electron chi connectivity index (χ4n) is 3.36. The predicted octanol–water partition coefficient (Wildman–Crippen LogP) is 4.70. The van der Waals surface area contributed by atoms with Gasteiger partial charge in [0.25, 0.3) is 5.91 Å². The molecule has 1 unspecified atom stereocenters. The van der Waals surface area contributed by atoms with E-state index in [1.807, 2.05) is 17.5 Å². The molecule has 0 aliphatic carbocycles. The Morgan fingerprint density at radius 3 is 2.57 bits per heavy atom. The zero-order chi connectivity index (χ0) is 20.3. The van der Waals surface area contributed by atoms with Crippen molar-refractivity contribution in [2.45, 2.75) is 44.0 Å². The van der Waals surface area contributed by atoms with Gasteiger partial charge in [-0.25, -0.2) is 8.42 Å². The van der Waals surface area contributed by atoms with Gasteiger partial charge in [0.15, 0.2) is 0 Å². The van der Waals surface area contributed by atoms with Crippen molar-refractivity contribution in [3.05, 3.63) is 51.2 Å². The number of halogens is 1. The topological polar surface area (TPSA) is 66.5 Å². The highest BCUT2D eigenvalue weighted by molar-refractivity contribution is 7.89. The summed E-state index contributed by atoms with van der Waals surface area (Å²) < 4.78 is 27.1. The fraction of sp³-hybridized carbons (Fsp3) is 0.450. The molecule has 8 heteroatoms. The number of benzene rings is 1. The number of carbonyl (C=O) groups excluding carboxylic acids is 1. The standard InChI is InChI=1S/C20H25ClN2O3S2/c1-14(2)12-18(19-6-5-11-27-19)22-20(24)16-13-15(7-8-17(16)21)28(25,26)23-9-3-4-10-23/h5-8,11,13-14,18H,3-4,9-10,12H2,1-2H3,(H,22,24). The van der Waals surface area contributed by atoms with Crippen LogP contribution >= 0.6 is 22.9 Å². The molecule has 1 amide bonds. The Hall–Kier alpha value is -1.41. The molecule has 1 aliphatic heterocycles. The Morgan fingerprint density at radius 2 is 1.96 bits per heavy atom. The second-order valence-electron chi connectivity index (χ2n) is 7.42. The molecule has 1 atom stereocenters. The Labute approximate surface area is 175 Å². The maximum Gasteiger partial charge on any atom is 0.253 e. The minimum absolute atomic E-state index is 0.112. The van der Waals surface area contributed by atoms with E-state index in [4.69, 9.17) is 11.6 Å². The number of sulfonamides is 1. The van der Waals surface area contributed by atoms with Gasteiger partial charge in [0.2, 0.25) is 10.0 Å². The SMILES string of the molecule is CC(C)CC(NC(=O)c1cc(S(=O)(=O)N2CCCC2)ccc1Cl)c1cccs1. The molecule has 2 aromatic rings. The molecule has 1 N–H and O–H groups in total. The van der Waals surface area contributed by atoms with Crippen LogP contribution in [0.1, 0.15) is 54.4 Å². The lowest BCUT2D eigenvalue weighted by Gasteiger charge is -2.20. The third-order valence-corrected chi connectivity index (χ3v) is 7.99. The third kappa shape index (κ3) is 4.76. The molecule has 152 valence electrons. The number of hydrogen-bond donors (Lipinski definition) is 1. The number of rotatable bonds is 7. The van der Waals surface area contributed by atoms with Crippen molar-refractivity contribution >= 4 is 38.9 Å². The maximum absolute atomic E-state index is 13.0. The lowest BCUT2D eigenvalue weighted by molar-refractivity contribution is 0.0932. The molecule has 28 heavy (non-hydrogen) atoms. The van der Waals surface area contributed by atoms with Gasteiger partial charge in [-0.05, 0) is 54.8 Å². The normalized spacial score (nSPS) is 16.4. The largest absolute Gasteiger partial charge is 0.344 e. The summed E-state index contributed by atoms with van der Waals surface area (Å²) in [5.74, 6) is 0.0345. The van der Waals surface area contributed by atoms with Crippen molar-refractivity contribution in [2.24, 2.45) is 5.92 Å². The molecule has 3 rings (SSSR count). The van der Waals surface area contributed by atoms with E-state index >= 15 is 0 Å². The van der Waals surface area contributed by atoms with E-state index in [-0.39, 0.29) is 27.4 Å². The molecule has 2 heterocycles. The van der Waals surface area contributed by atoms with Gasteiger partial charge in [0.05, 0.1) is 21.5 Å². The molecular weight excluding hydrogens is 416 g/mol. The van der Waals surface area contributed by atoms with Crippen LogP contribution in [0.25, 0.3) is 0 Å². The van der Waals surface area contributed by atoms with Gasteiger partial charge in [-0.15, -0.1) is 11.3 Å². The van der Waals surface area contributed by atoms with E-state index in [1.165, 1.54) is 22.5 Å². The molecule has 0 bridgehead atoms. The van der Waals surface area contributed by atoms with E-state index in [0.717, 1.165) is 24.1 Å². The van der Waals surface area contributed by atoms with Crippen molar-refractivity contribution in [3.8, 4) is 0 Å². The molecule has 1 aromatic heterocycles. The van der Waals surface area contributed by atoms with Crippen LogP contribution in [0.5, 0.6) is 0 Å². The van der Waals surface area contributed by atoms with E-state index in [1.54, 1.807) is 11.3 Å². The summed E-state index contributed by atoms with van der Waals surface area (Å²) in [6, 6.07) is 8.16.